The monoisotopic (exact) mass is 214 g/mol. The molecule has 0 atom stereocenters. The molecule has 5 heteroatoms. The third kappa shape index (κ3) is 3.89. The fourth-order valence-corrected chi connectivity index (χ4v) is 1.26. The van der Waals surface area contributed by atoms with Gasteiger partial charge in [0, 0.05) is 19.2 Å². The number of aryl methyl sites for hydroxylation is 1. The van der Waals surface area contributed by atoms with Gasteiger partial charge in [-0.15, -0.1) is 0 Å². The summed E-state index contributed by atoms with van der Waals surface area (Å²) in [5.41, 5.74) is 0. The van der Waals surface area contributed by atoms with Crippen LogP contribution in [0.4, 0.5) is 5.82 Å². The summed E-state index contributed by atoms with van der Waals surface area (Å²) in [6.45, 7) is 3.63. The molecule has 0 aliphatic carbocycles. The number of hydrogen-bond donors (Lipinski definition) is 1. The number of hydrogen-bond acceptors (Lipinski definition) is 4. The molecule has 0 fully saturated rings. The highest BCUT2D eigenvalue weighted by molar-refractivity contribution is 6.29. The van der Waals surface area contributed by atoms with E-state index in [1.54, 1.807) is 6.07 Å². The summed E-state index contributed by atoms with van der Waals surface area (Å²) in [6.07, 6.45) is 0. The molecule has 1 heterocycles. The molecule has 0 unspecified atom stereocenters. The van der Waals surface area contributed by atoms with Gasteiger partial charge >= 0.3 is 0 Å². The first-order chi connectivity index (χ1) is 6.58. The van der Waals surface area contributed by atoms with Crippen molar-refractivity contribution in [3.05, 3.63) is 17.0 Å². The van der Waals surface area contributed by atoms with Gasteiger partial charge in [-0.1, -0.05) is 11.6 Å². The van der Waals surface area contributed by atoms with E-state index < -0.39 is 0 Å². The molecule has 0 aliphatic heterocycles. The Bertz CT molecular complexity index is 281. The molecule has 14 heavy (non-hydrogen) atoms. The summed E-state index contributed by atoms with van der Waals surface area (Å²) >= 11 is 5.79. The number of nitrogens with zero attached hydrogens (tertiary/aromatic N) is 3. The molecule has 1 rings (SSSR count). The van der Waals surface area contributed by atoms with E-state index in [-0.39, 0.29) is 0 Å². The van der Waals surface area contributed by atoms with Crippen molar-refractivity contribution in [2.24, 2.45) is 0 Å². The lowest BCUT2D eigenvalue weighted by molar-refractivity contribution is 0.425. The van der Waals surface area contributed by atoms with Crippen molar-refractivity contribution in [2.75, 3.05) is 32.5 Å². The fourth-order valence-electron chi connectivity index (χ4n) is 1.03. The Hall–Kier alpha value is -0.870. The standard InChI is InChI=1S/C9H15ClN4/c1-7-12-8(10)6-9(13-7)11-4-5-14(2)3/h6H,4-5H2,1-3H3,(H,11,12,13). The second kappa shape index (κ2) is 5.12. The molecule has 1 aromatic rings. The Morgan fingerprint density at radius 1 is 1.43 bits per heavy atom. The van der Waals surface area contributed by atoms with Crippen LogP contribution in [0.15, 0.2) is 6.07 Å². The zero-order valence-corrected chi connectivity index (χ0v) is 9.47. The summed E-state index contributed by atoms with van der Waals surface area (Å²) in [5.74, 6) is 1.47. The van der Waals surface area contributed by atoms with Crippen molar-refractivity contribution in [2.45, 2.75) is 6.92 Å². The molecule has 0 radical (unpaired) electrons. The van der Waals surface area contributed by atoms with Crippen LogP contribution >= 0.6 is 11.6 Å². The van der Waals surface area contributed by atoms with Crippen LogP contribution in [-0.2, 0) is 0 Å². The van der Waals surface area contributed by atoms with Gasteiger partial charge in [0.05, 0.1) is 0 Å². The van der Waals surface area contributed by atoms with Crippen molar-refractivity contribution in [3.8, 4) is 0 Å². The molecule has 0 aromatic carbocycles. The molecular weight excluding hydrogens is 200 g/mol. The van der Waals surface area contributed by atoms with Crippen LogP contribution in [0.2, 0.25) is 5.15 Å². The molecule has 0 saturated carbocycles. The highest BCUT2D eigenvalue weighted by Crippen LogP contribution is 2.10. The van der Waals surface area contributed by atoms with E-state index in [2.05, 4.69) is 20.2 Å². The Morgan fingerprint density at radius 3 is 2.71 bits per heavy atom. The van der Waals surface area contributed by atoms with E-state index in [4.69, 9.17) is 11.6 Å². The van der Waals surface area contributed by atoms with Crippen molar-refractivity contribution >= 4 is 17.4 Å². The summed E-state index contributed by atoms with van der Waals surface area (Å²) < 4.78 is 0. The number of likely N-dealkylation sites (N-methyl/N-ethyl adjacent to an activating group) is 1. The Kier molecular flexibility index (Phi) is 4.10. The maximum Gasteiger partial charge on any atom is 0.134 e. The highest BCUT2D eigenvalue weighted by atomic mass is 35.5. The summed E-state index contributed by atoms with van der Waals surface area (Å²) in [4.78, 5) is 10.3. The minimum atomic E-state index is 0.477. The van der Waals surface area contributed by atoms with E-state index >= 15 is 0 Å². The van der Waals surface area contributed by atoms with Crippen molar-refractivity contribution in [1.29, 1.82) is 0 Å². The van der Waals surface area contributed by atoms with Gasteiger partial charge in [-0.2, -0.15) is 0 Å². The van der Waals surface area contributed by atoms with Crippen LogP contribution in [-0.4, -0.2) is 42.1 Å². The quantitative estimate of drug-likeness (QED) is 0.770. The normalized spacial score (nSPS) is 10.6. The molecule has 0 saturated heterocycles. The zero-order valence-electron chi connectivity index (χ0n) is 8.71. The third-order valence-corrected chi connectivity index (χ3v) is 1.87. The van der Waals surface area contributed by atoms with E-state index in [0.717, 1.165) is 18.9 Å². The SMILES string of the molecule is Cc1nc(Cl)cc(NCCN(C)C)n1. The number of nitrogens with one attached hydrogen (secondary N) is 1. The van der Waals surface area contributed by atoms with Crippen LogP contribution in [0.5, 0.6) is 0 Å². The molecule has 0 aliphatic rings. The summed E-state index contributed by atoms with van der Waals surface area (Å²) in [5, 5.41) is 3.66. The lowest BCUT2D eigenvalue weighted by atomic mass is 10.5. The number of anilines is 1. The Balaban J connectivity index is 2.50. The Morgan fingerprint density at radius 2 is 2.14 bits per heavy atom. The number of halogens is 1. The van der Waals surface area contributed by atoms with Crippen molar-refractivity contribution in [3.63, 3.8) is 0 Å². The molecule has 0 amide bonds. The largest absolute Gasteiger partial charge is 0.369 e. The first-order valence-electron chi connectivity index (χ1n) is 4.47. The smallest absolute Gasteiger partial charge is 0.134 e. The molecule has 0 bridgehead atoms. The maximum atomic E-state index is 5.79. The predicted molar refractivity (Wildman–Crippen MR) is 58.8 cm³/mol. The van der Waals surface area contributed by atoms with Gasteiger partial charge in [0.15, 0.2) is 0 Å². The number of rotatable bonds is 4. The first-order valence-corrected chi connectivity index (χ1v) is 4.85. The topological polar surface area (TPSA) is 41.1 Å². The van der Waals surface area contributed by atoms with Crippen molar-refractivity contribution in [1.82, 2.24) is 14.9 Å². The molecular formula is C9H15ClN4. The van der Waals surface area contributed by atoms with Crippen LogP contribution in [0, 0.1) is 6.92 Å². The van der Waals surface area contributed by atoms with Gasteiger partial charge in [0.2, 0.25) is 0 Å². The predicted octanol–water partition coefficient (Wildman–Crippen LogP) is 1.41. The van der Waals surface area contributed by atoms with Crippen molar-refractivity contribution < 1.29 is 0 Å². The summed E-state index contributed by atoms with van der Waals surface area (Å²) in [6, 6.07) is 1.73. The summed E-state index contributed by atoms with van der Waals surface area (Å²) in [7, 11) is 4.06. The van der Waals surface area contributed by atoms with Crippen LogP contribution in [0.1, 0.15) is 5.82 Å². The van der Waals surface area contributed by atoms with Gasteiger partial charge in [-0.05, 0) is 21.0 Å². The van der Waals surface area contributed by atoms with E-state index in [9.17, 15) is 0 Å². The van der Waals surface area contributed by atoms with Crippen LogP contribution < -0.4 is 5.32 Å². The van der Waals surface area contributed by atoms with Crippen LogP contribution in [0.25, 0.3) is 0 Å². The molecule has 1 aromatic heterocycles. The minimum absolute atomic E-state index is 0.477. The minimum Gasteiger partial charge on any atom is -0.369 e. The Labute approximate surface area is 89.3 Å². The second-order valence-corrected chi connectivity index (χ2v) is 3.74. The van der Waals surface area contributed by atoms with Gasteiger partial charge in [-0.3, -0.25) is 0 Å². The molecule has 4 nitrogen and oxygen atoms in total. The maximum absolute atomic E-state index is 5.79. The molecule has 78 valence electrons. The molecule has 1 N–H and O–H groups in total. The lowest BCUT2D eigenvalue weighted by Crippen LogP contribution is -2.21. The van der Waals surface area contributed by atoms with Crippen LogP contribution in [0.3, 0.4) is 0 Å². The average molecular weight is 215 g/mol. The van der Waals surface area contributed by atoms with E-state index in [0.29, 0.717) is 11.0 Å². The van der Waals surface area contributed by atoms with Gasteiger partial charge in [-0.25, -0.2) is 9.97 Å². The van der Waals surface area contributed by atoms with Gasteiger partial charge in [0.1, 0.15) is 16.8 Å². The fraction of sp³-hybridized carbons (Fsp3) is 0.556. The zero-order chi connectivity index (χ0) is 10.6. The average Bonchev–Trinajstić information content (AvgIpc) is 2.01. The van der Waals surface area contributed by atoms with Gasteiger partial charge < -0.3 is 10.2 Å². The second-order valence-electron chi connectivity index (χ2n) is 3.35. The van der Waals surface area contributed by atoms with E-state index in [1.807, 2.05) is 21.0 Å². The lowest BCUT2D eigenvalue weighted by Gasteiger charge is -2.10. The first kappa shape index (κ1) is 11.2. The highest BCUT2D eigenvalue weighted by Gasteiger charge is 1.98. The van der Waals surface area contributed by atoms with E-state index in [1.165, 1.54) is 0 Å². The number of aromatic nitrogens is 2. The molecule has 0 spiro atoms. The third-order valence-electron chi connectivity index (χ3n) is 1.67. The van der Waals surface area contributed by atoms with Gasteiger partial charge in [0.25, 0.3) is 0 Å².